The molecule has 102 valence electrons. The second kappa shape index (κ2) is 5.91. The van der Waals surface area contributed by atoms with Crippen LogP contribution in [0, 0.1) is 0 Å². The van der Waals surface area contributed by atoms with E-state index in [1.165, 1.54) is 16.7 Å². The molecule has 0 amide bonds. The summed E-state index contributed by atoms with van der Waals surface area (Å²) in [5.41, 5.74) is 4.56. The molecule has 0 unspecified atom stereocenters. The molecule has 1 aromatic rings. The number of esters is 1. The van der Waals surface area contributed by atoms with Gasteiger partial charge in [-0.15, -0.1) is 0 Å². The summed E-state index contributed by atoms with van der Waals surface area (Å²) < 4.78 is 10.3. The second-order valence-electron chi connectivity index (χ2n) is 4.76. The molecule has 0 heterocycles. The Balaban J connectivity index is 2.22. The van der Waals surface area contributed by atoms with E-state index in [9.17, 15) is 4.79 Å². The lowest BCUT2D eigenvalue weighted by molar-refractivity contribution is -0.138. The Morgan fingerprint density at radius 1 is 1.26 bits per heavy atom. The SMILES string of the molecule is CCOC(=O)C(C)=C1CCc2cc(OC)ccc2C1. The number of carbonyl (C=O) groups is 1. The van der Waals surface area contributed by atoms with Crippen LogP contribution < -0.4 is 4.74 Å². The van der Waals surface area contributed by atoms with Gasteiger partial charge in [-0.3, -0.25) is 0 Å². The van der Waals surface area contributed by atoms with E-state index >= 15 is 0 Å². The number of hydrogen-bond donors (Lipinski definition) is 0. The first kappa shape index (κ1) is 13.7. The van der Waals surface area contributed by atoms with Gasteiger partial charge >= 0.3 is 5.97 Å². The topological polar surface area (TPSA) is 35.5 Å². The van der Waals surface area contributed by atoms with Gasteiger partial charge in [0.15, 0.2) is 0 Å². The number of rotatable bonds is 3. The van der Waals surface area contributed by atoms with Gasteiger partial charge in [0.2, 0.25) is 0 Å². The molecule has 3 heteroatoms. The zero-order valence-corrected chi connectivity index (χ0v) is 11.8. The maximum Gasteiger partial charge on any atom is 0.333 e. The van der Waals surface area contributed by atoms with Crippen molar-refractivity contribution >= 4 is 5.97 Å². The van der Waals surface area contributed by atoms with Crippen molar-refractivity contribution in [3.8, 4) is 5.75 Å². The van der Waals surface area contributed by atoms with E-state index in [0.29, 0.717) is 6.61 Å². The quantitative estimate of drug-likeness (QED) is 0.619. The molecular weight excluding hydrogens is 240 g/mol. The van der Waals surface area contributed by atoms with E-state index in [0.717, 1.165) is 30.6 Å². The molecule has 19 heavy (non-hydrogen) atoms. The summed E-state index contributed by atoms with van der Waals surface area (Å²) in [7, 11) is 1.68. The third-order valence-corrected chi connectivity index (χ3v) is 3.63. The number of aryl methyl sites for hydroxylation is 1. The number of ether oxygens (including phenoxy) is 2. The van der Waals surface area contributed by atoms with Crippen LogP contribution in [-0.2, 0) is 22.4 Å². The highest BCUT2D eigenvalue weighted by Crippen LogP contribution is 2.29. The minimum Gasteiger partial charge on any atom is -0.497 e. The van der Waals surface area contributed by atoms with Crippen LogP contribution in [0.15, 0.2) is 29.3 Å². The average molecular weight is 260 g/mol. The molecule has 1 aromatic carbocycles. The van der Waals surface area contributed by atoms with E-state index in [1.54, 1.807) is 7.11 Å². The lowest BCUT2D eigenvalue weighted by Crippen LogP contribution is -2.13. The molecular formula is C16H20O3. The predicted molar refractivity (Wildman–Crippen MR) is 74.4 cm³/mol. The van der Waals surface area contributed by atoms with Crippen LogP contribution in [0.4, 0.5) is 0 Å². The molecule has 1 aliphatic carbocycles. The highest BCUT2D eigenvalue weighted by Gasteiger charge is 2.18. The minimum absolute atomic E-state index is 0.186. The number of fused-ring (bicyclic) bond motifs is 1. The minimum atomic E-state index is -0.186. The maximum atomic E-state index is 11.8. The van der Waals surface area contributed by atoms with Crippen molar-refractivity contribution in [2.75, 3.05) is 13.7 Å². The smallest absolute Gasteiger partial charge is 0.333 e. The molecule has 0 fully saturated rings. The standard InChI is InChI=1S/C16H20O3/c1-4-19-16(17)11(2)12-5-6-14-10-15(18-3)8-7-13(14)9-12/h7-8,10H,4-6,9H2,1-3H3. The number of methoxy groups -OCH3 is 1. The molecule has 0 spiro atoms. The summed E-state index contributed by atoms with van der Waals surface area (Å²) >= 11 is 0. The van der Waals surface area contributed by atoms with Crippen molar-refractivity contribution in [2.45, 2.75) is 33.1 Å². The Bertz CT molecular complexity index is 515. The molecule has 0 aliphatic heterocycles. The van der Waals surface area contributed by atoms with Gasteiger partial charge in [-0.2, -0.15) is 0 Å². The first-order valence-corrected chi connectivity index (χ1v) is 6.67. The van der Waals surface area contributed by atoms with Crippen LogP contribution in [0.25, 0.3) is 0 Å². The summed E-state index contributed by atoms with van der Waals surface area (Å²) in [5.74, 6) is 0.711. The molecule has 0 radical (unpaired) electrons. The summed E-state index contributed by atoms with van der Waals surface area (Å²) in [5, 5.41) is 0. The fourth-order valence-electron chi connectivity index (χ4n) is 2.44. The number of hydrogen-bond acceptors (Lipinski definition) is 3. The van der Waals surface area contributed by atoms with Crippen LogP contribution in [0.2, 0.25) is 0 Å². The van der Waals surface area contributed by atoms with Crippen LogP contribution in [0.5, 0.6) is 5.75 Å². The lowest BCUT2D eigenvalue weighted by atomic mass is 9.86. The predicted octanol–water partition coefficient (Wildman–Crippen LogP) is 3.06. The highest BCUT2D eigenvalue weighted by molar-refractivity contribution is 5.88. The largest absolute Gasteiger partial charge is 0.497 e. The van der Waals surface area contributed by atoms with Crippen molar-refractivity contribution in [1.82, 2.24) is 0 Å². The third kappa shape index (κ3) is 2.98. The van der Waals surface area contributed by atoms with Crippen LogP contribution in [0.1, 0.15) is 31.4 Å². The van der Waals surface area contributed by atoms with Gasteiger partial charge in [-0.1, -0.05) is 11.6 Å². The van der Waals surface area contributed by atoms with E-state index in [-0.39, 0.29) is 5.97 Å². The Labute approximate surface area is 114 Å². The Kier molecular flexibility index (Phi) is 4.25. The van der Waals surface area contributed by atoms with Crippen molar-refractivity contribution in [2.24, 2.45) is 0 Å². The van der Waals surface area contributed by atoms with Gasteiger partial charge in [0.25, 0.3) is 0 Å². The van der Waals surface area contributed by atoms with Crippen molar-refractivity contribution in [3.05, 3.63) is 40.5 Å². The summed E-state index contributed by atoms with van der Waals surface area (Å²) in [6.07, 6.45) is 2.72. The molecule has 0 saturated heterocycles. The molecule has 1 aliphatic rings. The van der Waals surface area contributed by atoms with Crippen molar-refractivity contribution in [1.29, 1.82) is 0 Å². The molecule has 0 bridgehead atoms. The van der Waals surface area contributed by atoms with Crippen LogP contribution >= 0.6 is 0 Å². The average Bonchev–Trinajstić information content (AvgIpc) is 2.45. The normalized spacial score (nSPS) is 16.6. The summed E-state index contributed by atoms with van der Waals surface area (Å²) in [6.45, 7) is 4.12. The Hall–Kier alpha value is -1.77. The van der Waals surface area contributed by atoms with Crippen LogP contribution in [-0.4, -0.2) is 19.7 Å². The zero-order valence-electron chi connectivity index (χ0n) is 11.8. The lowest BCUT2D eigenvalue weighted by Gasteiger charge is -2.21. The zero-order chi connectivity index (χ0) is 13.8. The van der Waals surface area contributed by atoms with Crippen molar-refractivity contribution < 1.29 is 14.3 Å². The van der Waals surface area contributed by atoms with Gasteiger partial charge in [0.1, 0.15) is 5.75 Å². The molecule has 0 atom stereocenters. The summed E-state index contributed by atoms with van der Waals surface area (Å²) in [4.78, 5) is 11.8. The summed E-state index contributed by atoms with van der Waals surface area (Å²) in [6, 6.07) is 6.15. The Morgan fingerprint density at radius 3 is 2.74 bits per heavy atom. The van der Waals surface area contributed by atoms with Gasteiger partial charge in [-0.05, 0) is 56.4 Å². The van der Waals surface area contributed by atoms with Crippen LogP contribution in [0.3, 0.4) is 0 Å². The van der Waals surface area contributed by atoms with E-state index in [4.69, 9.17) is 9.47 Å². The number of allylic oxidation sites excluding steroid dienone is 1. The highest BCUT2D eigenvalue weighted by atomic mass is 16.5. The first-order valence-electron chi connectivity index (χ1n) is 6.67. The van der Waals surface area contributed by atoms with Crippen molar-refractivity contribution in [3.63, 3.8) is 0 Å². The number of carbonyl (C=O) groups excluding carboxylic acids is 1. The van der Waals surface area contributed by atoms with E-state index in [1.807, 2.05) is 19.9 Å². The van der Waals surface area contributed by atoms with E-state index < -0.39 is 0 Å². The molecule has 0 N–H and O–H groups in total. The fourth-order valence-corrected chi connectivity index (χ4v) is 2.44. The van der Waals surface area contributed by atoms with Gasteiger partial charge in [0.05, 0.1) is 13.7 Å². The number of benzene rings is 1. The van der Waals surface area contributed by atoms with Gasteiger partial charge in [-0.25, -0.2) is 4.79 Å². The third-order valence-electron chi connectivity index (χ3n) is 3.63. The Morgan fingerprint density at radius 2 is 2.05 bits per heavy atom. The van der Waals surface area contributed by atoms with E-state index in [2.05, 4.69) is 12.1 Å². The molecule has 2 rings (SSSR count). The fraction of sp³-hybridized carbons (Fsp3) is 0.438. The van der Waals surface area contributed by atoms with Gasteiger partial charge in [0, 0.05) is 5.57 Å². The van der Waals surface area contributed by atoms with Gasteiger partial charge < -0.3 is 9.47 Å². The maximum absolute atomic E-state index is 11.8. The molecule has 0 aromatic heterocycles. The molecule has 3 nitrogen and oxygen atoms in total. The second-order valence-corrected chi connectivity index (χ2v) is 4.76. The monoisotopic (exact) mass is 260 g/mol. The first-order chi connectivity index (χ1) is 9.15. The molecule has 0 saturated carbocycles.